The average molecular weight is 289 g/mol. The average Bonchev–Trinajstić information content (AvgIpc) is 3.03. The van der Waals surface area contributed by atoms with Gasteiger partial charge in [0.2, 0.25) is 0 Å². The summed E-state index contributed by atoms with van der Waals surface area (Å²) in [5, 5.41) is 13.1. The van der Waals surface area contributed by atoms with Gasteiger partial charge in [0.05, 0.1) is 26.0 Å². The summed E-state index contributed by atoms with van der Waals surface area (Å²) in [6, 6.07) is 9.69. The Morgan fingerprint density at radius 3 is 2.67 bits per heavy atom. The van der Waals surface area contributed by atoms with E-state index in [1.54, 1.807) is 13.4 Å². The predicted octanol–water partition coefficient (Wildman–Crippen LogP) is 3.37. The third kappa shape index (κ3) is 3.65. The highest BCUT2D eigenvalue weighted by Gasteiger charge is 2.21. The van der Waals surface area contributed by atoms with Crippen molar-refractivity contribution in [3.63, 3.8) is 0 Å². The van der Waals surface area contributed by atoms with Gasteiger partial charge in [0.25, 0.3) is 0 Å². The number of nitrogens with one attached hydrogen (secondary N) is 1. The van der Waals surface area contributed by atoms with Gasteiger partial charge in [0, 0.05) is 11.6 Å². The molecule has 4 heteroatoms. The summed E-state index contributed by atoms with van der Waals surface area (Å²) in [5.74, 6) is 1.60. The van der Waals surface area contributed by atoms with Crippen LogP contribution < -0.4 is 10.1 Å². The molecule has 2 unspecified atom stereocenters. The van der Waals surface area contributed by atoms with Gasteiger partial charge in [-0.25, -0.2) is 0 Å². The van der Waals surface area contributed by atoms with Crippen molar-refractivity contribution in [3.8, 4) is 5.75 Å². The number of hydrogen-bond donors (Lipinski definition) is 2. The third-order valence-corrected chi connectivity index (χ3v) is 3.64. The molecule has 114 valence electrons. The first-order valence-electron chi connectivity index (χ1n) is 7.24. The fourth-order valence-corrected chi connectivity index (χ4v) is 2.51. The topological polar surface area (TPSA) is 54.6 Å². The number of hydrogen-bond acceptors (Lipinski definition) is 4. The fourth-order valence-electron chi connectivity index (χ4n) is 2.51. The molecule has 1 aromatic carbocycles. The molecule has 0 bridgehead atoms. The first-order chi connectivity index (χ1) is 10.2. The van der Waals surface area contributed by atoms with Crippen LogP contribution in [0.2, 0.25) is 0 Å². The maximum atomic E-state index is 9.62. The minimum absolute atomic E-state index is 0.0157. The molecule has 2 rings (SSSR count). The molecule has 0 aliphatic heterocycles. The number of methoxy groups -OCH3 is 1. The highest BCUT2D eigenvalue weighted by atomic mass is 16.5. The van der Waals surface area contributed by atoms with Crippen LogP contribution in [0.5, 0.6) is 5.75 Å². The maximum absolute atomic E-state index is 9.62. The lowest BCUT2D eigenvalue weighted by Gasteiger charge is -2.24. The second-order valence-electron chi connectivity index (χ2n) is 5.12. The van der Waals surface area contributed by atoms with Crippen molar-refractivity contribution in [3.05, 3.63) is 53.5 Å². The van der Waals surface area contributed by atoms with Crippen molar-refractivity contribution >= 4 is 0 Å². The SMILES string of the molecule is CCC(NC(CO)c1ccco1)c1cc(C)ccc1OC. The van der Waals surface area contributed by atoms with Gasteiger partial charge in [-0.05, 0) is 31.5 Å². The van der Waals surface area contributed by atoms with Crippen LogP contribution >= 0.6 is 0 Å². The molecule has 0 saturated heterocycles. The van der Waals surface area contributed by atoms with E-state index in [2.05, 4.69) is 25.2 Å². The Balaban J connectivity index is 2.25. The molecular weight excluding hydrogens is 266 g/mol. The lowest BCUT2D eigenvalue weighted by molar-refractivity contribution is 0.212. The van der Waals surface area contributed by atoms with Crippen molar-refractivity contribution in [2.24, 2.45) is 0 Å². The summed E-state index contributed by atoms with van der Waals surface area (Å²) in [7, 11) is 1.68. The molecule has 4 nitrogen and oxygen atoms in total. The van der Waals surface area contributed by atoms with Crippen molar-refractivity contribution < 1.29 is 14.3 Å². The summed E-state index contributed by atoms with van der Waals surface area (Å²) in [5.41, 5.74) is 2.29. The standard InChI is InChI=1S/C17H23NO3/c1-4-14(13-10-12(2)7-8-16(13)20-3)18-15(11-19)17-6-5-9-21-17/h5-10,14-15,18-19H,4,11H2,1-3H3. The van der Waals surface area contributed by atoms with E-state index in [4.69, 9.17) is 9.15 Å². The molecule has 0 amide bonds. The van der Waals surface area contributed by atoms with E-state index in [1.807, 2.05) is 24.3 Å². The summed E-state index contributed by atoms with van der Waals surface area (Å²) < 4.78 is 10.9. The Hall–Kier alpha value is -1.78. The van der Waals surface area contributed by atoms with Gasteiger partial charge < -0.3 is 14.3 Å². The van der Waals surface area contributed by atoms with Crippen LogP contribution in [0.4, 0.5) is 0 Å². The number of aliphatic hydroxyl groups excluding tert-OH is 1. The molecule has 0 saturated carbocycles. The molecule has 1 heterocycles. The first kappa shape index (κ1) is 15.6. The fraction of sp³-hybridized carbons (Fsp3) is 0.412. The van der Waals surface area contributed by atoms with E-state index in [0.717, 1.165) is 23.5 Å². The lowest BCUT2D eigenvalue weighted by atomic mass is 9.99. The van der Waals surface area contributed by atoms with Crippen molar-refractivity contribution in [2.45, 2.75) is 32.4 Å². The van der Waals surface area contributed by atoms with Gasteiger partial charge in [0.15, 0.2) is 0 Å². The van der Waals surface area contributed by atoms with Crippen molar-refractivity contribution in [1.29, 1.82) is 0 Å². The Morgan fingerprint density at radius 2 is 2.10 bits per heavy atom. The highest BCUT2D eigenvalue weighted by Crippen LogP contribution is 2.30. The molecule has 1 aromatic heterocycles. The van der Waals surface area contributed by atoms with Crippen LogP contribution in [-0.2, 0) is 0 Å². The van der Waals surface area contributed by atoms with Gasteiger partial charge in [-0.1, -0.05) is 24.6 Å². The smallest absolute Gasteiger partial charge is 0.123 e. The maximum Gasteiger partial charge on any atom is 0.123 e. The second kappa shape index (κ2) is 7.29. The summed E-state index contributed by atoms with van der Waals surface area (Å²) in [6.45, 7) is 4.15. The lowest BCUT2D eigenvalue weighted by Crippen LogP contribution is -2.28. The zero-order valence-corrected chi connectivity index (χ0v) is 12.8. The van der Waals surface area contributed by atoms with E-state index >= 15 is 0 Å². The Labute approximate surface area is 125 Å². The van der Waals surface area contributed by atoms with Crippen LogP contribution in [0.3, 0.4) is 0 Å². The number of rotatable bonds is 7. The summed E-state index contributed by atoms with van der Waals surface area (Å²) in [6.07, 6.45) is 2.50. The van der Waals surface area contributed by atoms with Crippen LogP contribution in [-0.4, -0.2) is 18.8 Å². The van der Waals surface area contributed by atoms with E-state index in [0.29, 0.717) is 0 Å². The van der Waals surface area contributed by atoms with Crippen LogP contribution in [0.1, 0.15) is 42.3 Å². The Morgan fingerprint density at radius 1 is 1.29 bits per heavy atom. The molecule has 2 atom stereocenters. The van der Waals surface area contributed by atoms with E-state index in [9.17, 15) is 5.11 Å². The summed E-state index contributed by atoms with van der Waals surface area (Å²) >= 11 is 0. The number of benzene rings is 1. The quantitative estimate of drug-likeness (QED) is 0.820. The highest BCUT2D eigenvalue weighted by molar-refractivity contribution is 5.39. The monoisotopic (exact) mass is 289 g/mol. The van der Waals surface area contributed by atoms with Crippen LogP contribution in [0.15, 0.2) is 41.0 Å². The zero-order valence-electron chi connectivity index (χ0n) is 12.8. The molecule has 0 spiro atoms. The molecule has 0 radical (unpaired) electrons. The van der Waals surface area contributed by atoms with Crippen molar-refractivity contribution in [2.75, 3.05) is 13.7 Å². The second-order valence-corrected chi connectivity index (χ2v) is 5.12. The van der Waals surface area contributed by atoms with E-state index in [1.165, 1.54) is 5.56 Å². The number of ether oxygens (including phenoxy) is 1. The molecule has 2 N–H and O–H groups in total. The van der Waals surface area contributed by atoms with Gasteiger partial charge >= 0.3 is 0 Å². The Kier molecular flexibility index (Phi) is 5.42. The predicted molar refractivity (Wildman–Crippen MR) is 82.4 cm³/mol. The molecule has 0 aliphatic carbocycles. The van der Waals surface area contributed by atoms with Gasteiger partial charge in [-0.15, -0.1) is 0 Å². The largest absolute Gasteiger partial charge is 0.496 e. The first-order valence-corrected chi connectivity index (χ1v) is 7.24. The van der Waals surface area contributed by atoms with Crippen LogP contribution in [0.25, 0.3) is 0 Å². The normalized spacial score (nSPS) is 13.9. The third-order valence-electron chi connectivity index (χ3n) is 3.64. The molecule has 0 aliphatic rings. The number of furan rings is 1. The van der Waals surface area contributed by atoms with Gasteiger partial charge in [-0.2, -0.15) is 0 Å². The zero-order chi connectivity index (χ0) is 15.2. The minimum Gasteiger partial charge on any atom is -0.496 e. The number of aliphatic hydroxyl groups is 1. The molecule has 0 fully saturated rings. The number of aryl methyl sites for hydroxylation is 1. The van der Waals surface area contributed by atoms with Gasteiger partial charge in [0.1, 0.15) is 11.5 Å². The van der Waals surface area contributed by atoms with E-state index in [-0.39, 0.29) is 18.7 Å². The molecular formula is C17H23NO3. The van der Waals surface area contributed by atoms with E-state index < -0.39 is 0 Å². The van der Waals surface area contributed by atoms with Crippen LogP contribution in [0, 0.1) is 6.92 Å². The van der Waals surface area contributed by atoms with Gasteiger partial charge in [-0.3, -0.25) is 5.32 Å². The Bertz CT molecular complexity index is 551. The van der Waals surface area contributed by atoms with Crippen molar-refractivity contribution in [1.82, 2.24) is 5.32 Å². The molecule has 2 aromatic rings. The minimum atomic E-state index is -0.227. The summed E-state index contributed by atoms with van der Waals surface area (Å²) in [4.78, 5) is 0. The molecule has 21 heavy (non-hydrogen) atoms.